The summed E-state index contributed by atoms with van der Waals surface area (Å²) in [5.74, 6) is -1.27. The van der Waals surface area contributed by atoms with Crippen molar-refractivity contribution in [2.24, 2.45) is 0 Å². The second kappa shape index (κ2) is 15.4. The number of anilines is 2. The van der Waals surface area contributed by atoms with Crippen molar-refractivity contribution in [2.75, 3.05) is 11.1 Å². The van der Waals surface area contributed by atoms with Gasteiger partial charge < -0.3 is 11.1 Å². The maximum absolute atomic E-state index is 11.2. The monoisotopic (exact) mass is 686 g/mol. The van der Waals surface area contributed by atoms with Gasteiger partial charge in [0, 0.05) is 29.7 Å². The molecular formula is C25H19BrCl4N6O4. The Bertz CT molecular complexity index is 1470. The average molecular weight is 689 g/mol. The van der Waals surface area contributed by atoms with E-state index in [4.69, 9.17) is 52.1 Å². The maximum Gasteiger partial charge on any atom is 0.296 e. The molecule has 3 N–H and O–H groups in total. The summed E-state index contributed by atoms with van der Waals surface area (Å²) in [4.78, 5) is 43.0. The molecule has 0 atom stereocenters. The van der Waals surface area contributed by atoms with Crippen LogP contribution in [-0.4, -0.2) is 31.6 Å². The number of ketones is 1. The molecule has 0 fully saturated rings. The van der Waals surface area contributed by atoms with Gasteiger partial charge in [0.25, 0.3) is 17.4 Å². The van der Waals surface area contributed by atoms with Gasteiger partial charge in [-0.3, -0.25) is 24.7 Å². The number of benzene rings is 1. The van der Waals surface area contributed by atoms with E-state index < -0.39 is 16.6 Å². The number of hydrogen-bond acceptors (Lipinski definition) is 8. The molecule has 1 amide bonds. The maximum atomic E-state index is 11.2. The van der Waals surface area contributed by atoms with E-state index in [1.165, 1.54) is 18.2 Å². The third kappa shape index (κ3) is 9.68. The Morgan fingerprint density at radius 2 is 1.65 bits per heavy atom. The van der Waals surface area contributed by atoms with Gasteiger partial charge in [-0.15, -0.1) is 0 Å². The highest BCUT2D eigenvalue weighted by Crippen LogP contribution is 2.33. The fraction of sp³-hybridized carbons (Fsp3) is 0.0800. The van der Waals surface area contributed by atoms with Gasteiger partial charge in [0.2, 0.25) is 0 Å². The van der Waals surface area contributed by atoms with Gasteiger partial charge in [0.15, 0.2) is 0 Å². The number of nitro groups is 1. The summed E-state index contributed by atoms with van der Waals surface area (Å²) in [5.41, 5.74) is 8.46. The van der Waals surface area contributed by atoms with Crippen LogP contribution in [0.3, 0.4) is 0 Å². The number of halogens is 5. The van der Waals surface area contributed by atoms with E-state index in [-0.39, 0.29) is 16.3 Å². The third-order valence-corrected chi connectivity index (χ3v) is 6.83. The van der Waals surface area contributed by atoms with Crippen molar-refractivity contribution in [3.05, 3.63) is 113 Å². The molecule has 1 aromatic carbocycles. The molecule has 1 aliphatic heterocycles. The van der Waals surface area contributed by atoms with Gasteiger partial charge >= 0.3 is 0 Å². The molecule has 40 heavy (non-hydrogen) atoms. The zero-order valence-corrected chi connectivity index (χ0v) is 25.3. The minimum atomic E-state index is -0.667. The van der Waals surface area contributed by atoms with Crippen LogP contribution >= 0.6 is 62.3 Å². The van der Waals surface area contributed by atoms with Gasteiger partial charge in [-0.2, -0.15) is 0 Å². The second-order valence-corrected chi connectivity index (χ2v) is 10.1. The van der Waals surface area contributed by atoms with E-state index in [1.54, 1.807) is 25.5 Å². The fourth-order valence-electron chi connectivity index (χ4n) is 2.66. The Balaban J connectivity index is 0.000000191. The van der Waals surface area contributed by atoms with E-state index in [0.717, 1.165) is 21.9 Å². The van der Waals surface area contributed by atoms with Gasteiger partial charge in [-0.05, 0) is 71.2 Å². The van der Waals surface area contributed by atoms with Gasteiger partial charge in [-0.1, -0.05) is 46.4 Å². The van der Waals surface area contributed by atoms with Crippen LogP contribution in [0.4, 0.5) is 17.1 Å². The van der Waals surface area contributed by atoms with Crippen LogP contribution < -0.4 is 11.1 Å². The summed E-state index contributed by atoms with van der Waals surface area (Å²) in [6, 6.07) is 9.82. The first-order valence-electron chi connectivity index (χ1n) is 10.8. The number of Topliss-reactive ketones (excluding diaryl/α,β-unsaturated/α-hetero) is 1. The molecule has 10 nitrogen and oxygen atoms in total. The number of nitrogen functional groups attached to an aromatic ring is 1. The molecule has 1 aliphatic rings. The Morgan fingerprint density at radius 3 is 2.15 bits per heavy atom. The number of carbonyl (C=O) groups excluding carboxylic acids is 2. The first-order valence-corrected chi connectivity index (χ1v) is 13.2. The Morgan fingerprint density at radius 1 is 0.950 bits per heavy atom. The second-order valence-electron chi connectivity index (χ2n) is 7.66. The summed E-state index contributed by atoms with van der Waals surface area (Å²) in [6.45, 7) is 3.62. The van der Waals surface area contributed by atoms with E-state index in [0.29, 0.717) is 26.6 Å². The number of amides is 1. The molecule has 0 bridgehead atoms. The molecule has 4 aromatic rings. The van der Waals surface area contributed by atoms with Gasteiger partial charge in [0.1, 0.15) is 16.5 Å². The number of aromatic nitrogens is 3. The van der Waals surface area contributed by atoms with Crippen molar-refractivity contribution in [3.8, 4) is 0 Å². The van der Waals surface area contributed by atoms with Crippen LogP contribution in [0.25, 0.3) is 0 Å². The zero-order chi connectivity index (χ0) is 30.0. The Labute approximate surface area is 257 Å². The number of rotatable bonds is 1. The molecule has 0 unspecified atom stereocenters. The largest absolute Gasteiger partial charge is 0.397 e. The predicted molar refractivity (Wildman–Crippen MR) is 160 cm³/mol. The van der Waals surface area contributed by atoms with Crippen molar-refractivity contribution in [1.82, 2.24) is 15.0 Å². The molecule has 0 saturated heterocycles. The van der Waals surface area contributed by atoms with Crippen molar-refractivity contribution >= 4 is 91.1 Å². The number of fused-ring (bicyclic) bond motifs is 1. The van der Waals surface area contributed by atoms with Crippen LogP contribution in [0.5, 0.6) is 0 Å². The van der Waals surface area contributed by atoms with Gasteiger partial charge in [0.05, 0.1) is 31.4 Å². The lowest BCUT2D eigenvalue weighted by molar-refractivity contribution is -0.385. The summed E-state index contributed by atoms with van der Waals surface area (Å²) in [6.07, 6.45) is 6.16. The van der Waals surface area contributed by atoms with Crippen LogP contribution in [0.15, 0.2) is 65.7 Å². The normalized spacial score (nSPS) is 11.0. The lowest BCUT2D eigenvalue weighted by Crippen LogP contribution is -2.12. The smallest absolute Gasteiger partial charge is 0.296 e. The first kappa shape index (κ1) is 32.9. The number of carbonyl (C=O) groups is 2. The summed E-state index contributed by atoms with van der Waals surface area (Å²) in [7, 11) is 0. The van der Waals surface area contributed by atoms with Crippen molar-refractivity contribution in [2.45, 2.75) is 13.8 Å². The minimum absolute atomic E-state index is 0.0353. The number of nitrogens with one attached hydrogen (secondary N) is 1. The van der Waals surface area contributed by atoms with Gasteiger partial charge in [-0.25, -0.2) is 9.97 Å². The molecule has 4 heterocycles. The van der Waals surface area contributed by atoms with Crippen LogP contribution in [0.2, 0.25) is 20.4 Å². The topological polar surface area (TPSA) is 154 Å². The number of nitrogens with zero attached hydrogens (tertiary/aromatic N) is 4. The molecule has 0 aliphatic carbocycles. The number of pyridine rings is 3. The highest BCUT2D eigenvalue weighted by atomic mass is 79.9. The zero-order valence-electron chi connectivity index (χ0n) is 20.7. The number of hydrogen-bond donors (Lipinski definition) is 2. The summed E-state index contributed by atoms with van der Waals surface area (Å²) >= 11 is 25.7. The van der Waals surface area contributed by atoms with Crippen molar-refractivity contribution < 1.29 is 14.5 Å². The Hall–Kier alpha value is -3.35. The quantitative estimate of drug-likeness (QED) is 0.0899. The molecule has 15 heteroatoms. The van der Waals surface area contributed by atoms with E-state index in [2.05, 4.69) is 36.2 Å². The Kier molecular flexibility index (Phi) is 12.7. The third-order valence-electron chi connectivity index (χ3n) is 4.75. The molecular weight excluding hydrogens is 670 g/mol. The number of nitrogens with two attached hydrogens (primary N) is 1. The average Bonchev–Trinajstić information content (AvgIpc) is 3.19. The van der Waals surface area contributed by atoms with Crippen LogP contribution in [0.1, 0.15) is 21.5 Å². The van der Waals surface area contributed by atoms with Crippen molar-refractivity contribution in [1.29, 1.82) is 0 Å². The van der Waals surface area contributed by atoms with E-state index in [1.807, 2.05) is 25.1 Å². The van der Waals surface area contributed by atoms with Crippen LogP contribution in [0, 0.1) is 24.0 Å². The highest BCUT2D eigenvalue weighted by molar-refractivity contribution is 9.10. The summed E-state index contributed by atoms with van der Waals surface area (Å²) < 4.78 is 0.835. The molecule has 0 spiro atoms. The molecule has 0 saturated carbocycles. The molecule has 3 aromatic heterocycles. The predicted octanol–water partition coefficient (Wildman–Crippen LogP) is 7.55. The molecule has 208 valence electrons. The minimum Gasteiger partial charge on any atom is -0.397 e. The van der Waals surface area contributed by atoms with Crippen molar-refractivity contribution in [3.63, 3.8) is 0 Å². The van der Waals surface area contributed by atoms with Crippen LogP contribution in [-0.2, 0) is 4.79 Å². The van der Waals surface area contributed by atoms with E-state index in [9.17, 15) is 19.7 Å². The summed E-state index contributed by atoms with van der Waals surface area (Å²) in [5, 5.41) is 14.0. The van der Waals surface area contributed by atoms with E-state index >= 15 is 0 Å². The molecule has 5 rings (SSSR count). The standard InChI is InChI=1S/C8H3Cl2NO2.C6H5ClN2O2.C6H8N2.C5H3BrClN/c9-3-1-4-6(5(10)2-3)11-8(13)7(4)12;1-4-2-5(9(10)11)3-8-6(4)7;1-5-2-3-8-4-6(5)7;6-4-2-1-3-8-5(4)7/h1-2H,(H,11,12,13);2-3H,1H3;2-4H,7H2,1H3;1-3H. The lowest BCUT2D eigenvalue weighted by atomic mass is 10.1. The SMILES string of the molecule is Cc1cc([N+](=O)[O-])cnc1Cl.Cc1ccncc1N.Clc1ncccc1Br.O=C1Nc2c(Cl)cc(Cl)cc2C1=O. The first-order chi connectivity index (χ1) is 18.8. The highest BCUT2D eigenvalue weighted by Gasteiger charge is 2.30. The molecule has 0 radical (unpaired) electrons. The fourth-order valence-corrected chi connectivity index (χ4v) is 3.68. The lowest BCUT2D eigenvalue weighted by Gasteiger charge is -1.99. The number of aryl methyl sites for hydroxylation is 2.